The molecule has 0 fully saturated rings. The van der Waals surface area contributed by atoms with Crippen molar-refractivity contribution < 1.29 is 4.74 Å². The molecule has 0 aliphatic rings. The van der Waals surface area contributed by atoms with Gasteiger partial charge in [0.25, 0.3) is 0 Å². The van der Waals surface area contributed by atoms with Crippen molar-refractivity contribution in [2.24, 2.45) is 0 Å². The maximum atomic E-state index is 5.58. The Morgan fingerprint density at radius 2 is 2.33 bits per heavy atom. The number of thiophene rings is 1. The summed E-state index contributed by atoms with van der Waals surface area (Å²) in [4.78, 5) is 5.28. The van der Waals surface area contributed by atoms with Crippen LogP contribution >= 0.6 is 11.3 Å². The lowest BCUT2D eigenvalue weighted by molar-refractivity contribution is 0.322. The number of rotatable bonds is 4. The molecule has 2 heterocycles. The third kappa shape index (κ3) is 2.95. The van der Waals surface area contributed by atoms with E-state index in [-0.39, 0.29) is 0 Å². The summed E-state index contributed by atoms with van der Waals surface area (Å²) in [5, 5.41) is 2.07. The van der Waals surface area contributed by atoms with Gasteiger partial charge >= 0.3 is 0 Å². The number of nitrogen functional groups attached to an aromatic ring is 1. The lowest BCUT2D eigenvalue weighted by atomic mass is 10.3. The van der Waals surface area contributed by atoms with Gasteiger partial charge in [-0.05, 0) is 11.4 Å². The van der Waals surface area contributed by atoms with Crippen molar-refractivity contribution in [1.82, 2.24) is 4.98 Å². The van der Waals surface area contributed by atoms with E-state index >= 15 is 0 Å². The number of aromatic nitrogens is 1. The van der Waals surface area contributed by atoms with Gasteiger partial charge < -0.3 is 10.5 Å². The number of hydrogen-bond acceptors (Lipinski definition) is 4. The first-order chi connectivity index (χ1) is 7.34. The molecule has 2 rings (SSSR count). The number of hydrogen-bond donors (Lipinski definition) is 1. The van der Waals surface area contributed by atoms with Crippen molar-refractivity contribution in [2.45, 2.75) is 6.42 Å². The molecule has 0 saturated carbocycles. The molecule has 4 heteroatoms. The number of nitrogens with two attached hydrogens (primary N) is 1. The molecule has 0 bridgehead atoms. The third-order valence-electron chi connectivity index (χ3n) is 1.93. The van der Waals surface area contributed by atoms with Crippen molar-refractivity contribution in [3.05, 3.63) is 40.8 Å². The third-order valence-corrected chi connectivity index (χ3v) is 2.87. The van der Waals surface area contributed by atoms with E-state index in [1.165, 1.54) is 4.88 Å². The average molecular weight is 220 g/mol. The summed E-state index contributed by atoms with van der Waals surface area (Å²) in [5.41, 5.74) is 6.21. The first-order valence-corrected chi connectivity index (χ1v) is 5.58. The van der Waals surface area contributed by atoms with Crippen molar-refractivity contribution in [3.63, 3.8) is 0 Å². The fraction of sp³-hybridized carbons (Fsp3) is 0.182. The maximum Gasteiger partial charge on any atom is 0.139 e. The van der Waals surface area contributed by atoms with Gasteiger partial charge in [0.05, 0.1) is 24.7 Å². The Balaban J connectivity index is 1.83. The number of nitrogens with zero attached hydrogens (tertiary/aromatic N) is 1. The first kappa shape index (κ1) is 9.98. The molecule has 0 unspecified atom stereocenters. The normalized spacial score (nSPS) is 10.1. The van der Waals surface area contributed by atoms with Gasteiger partial charge in [-0.15, -0.1) is 11.3 Å². The highest BCUT2D eigenvalue weighted by atomic mass is 32.1. The molecule has 78 valence electrons. The Kier molecular flexibility index (Phi) is 3.19. The molecule has 0 aliphatic carbocycles. The van der Waals surface area contributed by atoms with Gasteiger partial charge in [-0.1, -0.05) is 6.07 Å². The zero-order valence-electron chi connectivity index (χ0n) is 8.22. The van der Waals surface area contributed by atoms with Gasteiger partial charge in [0, 0.05) is 17.4 Å². The Morgan fingerprint density at radius 3 is 3.07 bits per heavy atom. The summed E-state index contributed by atoms with van der Waals surface area (Å²) >= 11 is 1.74. The highest BCUT2D eigenvalue weighted by Gasteiger charge is 1.97. The highest BCUT2D eigenvalue weighted by molar-refractivity contribution is 7.09. The second kappa shape index (κ2) is 4.79. The van der Waals surface area contributed by atoms with Crippen LogP contribution in [0.3, 0.4) is 0 Å². The molecule has 0 aromatic carbocycles. The Bertz CT molecular complexity index is 414. The minimum Gasteiger partial charge on any atom is -0.492 e. The van der Waals surface area contributed by atoms with Crippen molar-refractivity contribution >= 4 is 17.0 Å². The molecule has 0 saturated heterocycles. The van der Waals surface area contributed by atoms with Crippen LogP contribution in [0.2, 0.25) is 0 Å². The molecule has 0 amide bonds. The van der Waals surface area contributed by atoms with Gasteiger partial charge in [-0.2, -0.15) is 0 Å². The predicted molar refractivity (Wildman–Crippen MR) is 62.2 cm³/mol. The van der Waals surface area contributed by atoms with Crippen LogP contribution in [0.1, 0.15) is 4.88 Å². The van der Waals surface area contributed by atoms with Gasteiger partial charge in [-0.3, -0.25) is 4.98 Å². The Hall–Kier alpha value is -1.55. The van der Waals surface area contributed by atoms with Crippen LogP contribution in [-0.4, -0.2) is 11.6 Å². The standard InChI is InChI=1S/C11H12N2OS/c12-9-6-10(8-13-7-9)14-4-3-11-2-1-5-15-11/h1-2,5-8H,3-4,12H2. The van der Waals surface area contributed by atoms with Crippen LogP contribution in [0, 0.1) is 0 Å². The van der Waals surface area contributed by atoms with E-state index in [1.54, 1.807) is 29.8 Å². The van der Waals surface area contributed by atoms with Crippen LogP contribution in [0.25, 0.3) is 0 Å². The van der Waals surface area contributed by atoms with E-state index in [4.69, 9.17) is 10.5 Å². The molecule has 0 atom stereocenters. The predicted octanol–water partition coefficient (Wildman–Crippen LogP) is 2.35. The molecule has 2 aromatic heterocycles. The lowest BCUT2D eigenvalue weighted by Crippen LogP contribution is -2.00. The molecule has 0 radical (unpaired) electrons. The first-order valence-electron chi connectivity index (χ1n) is 4.70. The molecule has 3 nitrogen and oxygen atoms in total. The smallest absolute Gasteiger partial charge is 0.139 e. The molecular formula is C11H12N2OS. The SMILES string of the molecule is Nc1cncc(OCCc2cccs2)c1. The van der Waals surface area contributed by atoms with E-state index < -0.39 is 0 Å². The minimum absolute atomic E-state index is 0.628. The quantitative estimate of drug-likeness (QED) is 0.860. The summed E-state index contributed by atoms with van der Waals surface area (Å²) in [7, 11) is 0. The molecular weight excluding hydrogens is 208 g/mol. The molecule has 2 N–H and O–H groups in total. The van der Waals surface area contributed by atoms with E-state index in [9.17, 15) is 0 Å². The average Bonchev–Trinajstić information content (AvgIpc) is 2.71. The van der Waals surface area contributed by atoms with Crippen molar-refractivity contribution in [2.75, 3.05) is 12.3 Å². The molecule has 2 aromatic rings. The molecule has 0 spiro atoms. The van der Waals surface area contributed by atoms with Crippen LogP contribution < -0.4 is 10.5 Å². The Labute approximate surface area is 92.5 Å². The summed E-state index contributed by atoms with van der Waals surface area (Å²) < 4.78 is 5.52. The fourth-order valence-corrected chi connectivity index (χ4v) is 1.93. The van der Waals surface area contributed by atoms with E-state index in [1.807, 2.05) is 6.07 Å². The summed E-state index contributed by atoms with van der Waals surface area (Å²) in [6.45, 7) is 0.658. The van der Waals surface area contributed by atoms with Gasteiger partial charge in [0.2, 0.25) is 0 Å². The molecule has 15 heavy (non-hydrogen) atoms. The van der Waals surface area contributed by atoms with E-state index in [0.717, 1.165) is 12.2 Å². The van der Waals surface area contributed by atoms with Gasteiger partial charge in [0.1, 0.15) is 5.75 Å². The van der Waals surface area contributed by atoms with Crippen molar-refractivity contribution in [3.8, 4) is 5.75 Å². The molecule has 0 aliphatic heterocycles. The largest absolute Gasteiger partial charge is 0.492 e. The van der Waals surface area contributed by atoms with Crippen LogP contribution in [0.4, 0.5) is 5.69 Å². The van der Waals surface area contributed by atoms with Gasteiger partial charge in [0.15, 0.2) is 0 Å². The van der Waals surface area contributed by atoms with Crippen LogP contribution in [0.5, 0.6) is 5.75 Å². The number of ether oxygens (including phenoxy) is 1. The summed E-state index contributed by atoms with van der Waals surface area (Å²) in [6.07, 6.45) is 4.20. The highest BCUT2D eigenvalue weighted by Crippen LogP contribution is 2.14. The summed E-state index contributed by atoms with van der Waals surface area (Å²) in [5.74, 6) is 0.728. The number of pyridine rings is 1. The second-order valence-corrected chi connectivity index (χ2v) is 4.16. The topological polar surface area (TPSA) is 48.1 Å². The van der Waals surface area contributed by atoms with E-state index in [2.05, 4.69) is 16.4 Å². The minimum atomic E-state index is 0.628. The van der Waals surface area contributed by atoms with E-state index in [0.29, 0.717) is 12.3 Å². The monoisotopic (exact) mass is 220 g/mol. The summed E-state index contributed by atoms with van der Waals surface area (Å²) in [6, 6.07) is 5.93. The maximum absolute atomic E-state index is 5.58. The van der Waals surface area contributed by atoms with Crippen LogP contribution in [-0.2, 0) is 6.42 Å². The second-order valence-electron chi connectivity index (χ2n) is 3.13. The lowest BCUT2D eigenvalue weighted by Gasteiger charge is -2.04. The van der Waals surface area contributed by atoms with Gasteiger partial charge in [-0.25, -0.2) is 0 Å². The zero-order chi connectivity index (χ0) is 10.5. The van der Waals surface area contributed by atoms with Crippen molar-refractivity contribution in [1.29, 1.82) is 0 Å². The van der Waals surface area contributed by atoms with Crippen LogP contribution in [0.15, 0.2) is 36.0 Å². The number of anilines is 1. The fourth-order valence-electron chi connectivity index (χ4n) is 1.24. The zero-order valence-corrected chi connectivity index (χ0v) is 9.04. The Morgan fingerprint density at radius 1 is 1.40 bits per heavy atom.